The lowest BCUT2D eigenvalue weighted by Crippen LogP contribution is -2.56. The van der Waals surface area contributed by atoms with E-state index in [0.29, 0.717) is 49.4 Å². The monoisotopic (exact) mass is 551 g/mol. The van der Waals surface area contributed by atoms with E-state index < -0.39 is 18.1 Å². The van der Waals surface area contributed by atoms with Crippen LogP contribution < -0.4 is 10.6 Å². The second-order valence-corrected chi connectivity index (χ2v) is 11.0. The number of fused-ring (bicyclic) bond motifs is 1. The van der Waals surface area contributed by atoms with Crippen molar-refractivity contribution < 1.29 is 24.2 Å². The van der Waals surface area contributed by atoms with E-state index in [0.717, 1.165) is 23.2 Å². The lowest BCUT2D eigenvalue weighted by molar-refractivity contribution is -0.140. The SMILES string of the molecule is CN[C@@H](C)C(=O)N[C@H](C(=O)N1CCC[C@H]1c1nc(-c2cc(C(=O)O)nc3ccccc23)cs1)C1CCOCC1. The van der Waals surface area contributed by atoms with Crippen LogP contribution >= 0.6 is 11.3 Å². The molecule has 0 radical (unpaired) electrons. The number of ether oxygens (including phenoxy) is 1. The average Bonchev–Trinajstić information content (AvgIpc) is 3.65. The standard InChI is InChI=1S/C28H33N5O5S/c1-16(29-2)25(34)32-24(17-9-12-38-13-10-17)27(35)33-11-5-8-23(33)26-31-22(15-39-26)19-14-21(28(36)37)30-20-7-4-3-6-18(19)20/h3-4,6-7,14-17,23-24,29H,5,8-13H2,1-2H3,(H,32,34)(H,36,37)/t16-,23-,24-/m0/s1. The third-order valence-corrected chi connectivity index (χ3v) is 8.63. The Balaban J connectivity index is 1.44. The van der Waals surface area contributed by atoms with Gasteiger partial charge in [-0.1, -0.05) is 18.2 Å². The number of aromatic nitrogens is 2. The van der Waals surface area contributed by atoms with E-state index in [4.69, 9.17) is 9.72 Å². The molecular weight excluding hydrogens is 518 g/mol. The molecule has 2 amide bonds. The largest absolute Gasteiger partial charge is 0.477 e. The first-order valence-electron chi connectivity index (χ1n) is 13.3. The summed E-state index contributed by atoms with van der Waals surface area (Å²) in [6.07, 6.45) is 3.04. The van der Waals surface area contributed by atoms with Gasteiger partial charge in [-0.3, -0.25) is 9.59 Å². The number of aromatic carboxylic acids is 1. The predicted molar refractivity (Wildman–Crippen MR) is 147 cm³/mol. The first-order chi connectivity index (χ1) is 18.9. The number of benzene rings is 1. The van der Waals surface area contributed by atoms with E-state index in [9.17, 15) is 19.5 Å². The third kappa shape index (κ3) is 5.66. The molecule has 0 saturated carbocycles. The number of likely N-dealkylation sites (N-methyl/N-ethyl adjacent to an activating group) is 1. The highest BCUT2D eigenvalue weighted by Gasteiger charge is 2.40. The van der Waals surface area contributed by atoms with Crippen LogP contribution in [0.1, 0.15) is 54.1 Å². The Kier molecular flexibility index (Phi) is 8.20. The topological polar surface area (TPSA) is 134 Å². The number of pyridine rings is 1. The summed E-state index contributed by atoms with van der Waals surface area (Å²) < 4.78 is 5.52. The summed E-state index contributed by atoms with van der Waals surface area (Å²) in [5.41, 5.74) is 1.91. The molecule has 11 heteroatoms. The summed E-state index contributed by atoms with van der Waals surface area (Å²) in [5, 5.41) is 19.1. The van der Waals surface area contributed by atoms with E-state index in [1.165, 1.54) is 11.3 Å². The van der Waals surface area contributed by atoms with Gasteiger partial charge in [-0.15, -0.1) is 11.3 Å². The van der Waals surface area contributed by atoms with Crippen molar-refractivity contribution in [2.75, 3.05) is 26.8 Å². The zero-order chi connectivity index (χ0) is 27.5. The molecular formula is C28H33N5O5S. The first-order valence-corrected chi connectivity index (χ1v) is 14.2. The van der Waals surface area contributed by atoms with Crippen LogP contribution in [0.15, 0.2) is 35.7 Å². The summed E-state index contributed by atoms with van der Waals surface area (Å²) >= 11 is 1.47. The molecule has 3 aromatic rings. The predicted octanol–water partition coefficient (Wildman–Crippen LogP) is 3.24. The third-order valence-electron chi connectivity index (χ3n) is 7.68. The van der Waals surface area contributed by atoms with Crippen molar-refractivity contribution in [2.45, 2.75) is 50.7 Å². The van der Waals surface area contributed by atoms with Crippen LogP contribution in [0.4, 0.5) is 0 Å². The summed E-state index contributed by atoms with van der Waals surface area (Å²) in [5.74, 6) is -1.38. The number of carbonyl (C=O) groups is 3. The number of carboxylic acid groups (broad SMARTS) is 1. The highest BCUT2D eigenvalue weighted by molar-refractivity contribution is 7.10. The Morgan fingerprint density at radius 3 is 2.67 bits per heavy atom. The van der Waals surface area contributed by atoms with Crippen LogP contribution in [0.2, 0.25) is 0 Å². The van der Waals surface area contributed by atoms with Crippen molar-refractivity contribution in [1.29, 1.82) is 0 Å². The van der Waals surface area contributed by atoms with Crippen LogP contribution in [0, 0.1) is 5.92 Å². The van der Waals surface area contributed by atoms with Crippen LogP contribution in [0.25, 0.3) is 22.2 Å². The molecule has 2 fully saturated rings. The van der Waals surface area contributed by atoms with Gasteiger partial charge in [-0.25, -0.2) is 14.8 Å². The molecule has 4 heterocycles. The minimum Gasteiger partial charge on any atom is -0.477 e. The number of nitrogens with zero attached hydrogens (tertiary/aromatic N) is 3. The van der Waals surface area contributed by atoms with Crippen molar-refractivity contribution in [2.24, 2.45) is 5.92 Å². The maximum atomic E-state index is 14.0. The highest BCUT2D eigenvalue weighted by Crippen LogP contribution is 2.38. The highest BCUT2D eigenvalue weighted by atomic mass is 32.1. The number of hydrogen-bond acceptors (Lipinski definition) is 8. The van der Waals surface area contributed by atoms with Crippen LogP contribution in [-0.2, 0) is 14.3 Å². The molecule has 39 heavy (non-hydrogen) atoms. The molecule has 0 unspecified atom stereocenters. The second-order valence-electron chi connectivity index (χ2n) is 10.1. The maximum Gasteiger partial charge on any atom is 0.354 e. The number of thiazole rings is 1. The average molecular weight is 552 g/mol. The molecule has 2 saturated heterocycles. The quantitative estimate of drug-likeness (QED) is 0.389. The number of amides is 2. The molecule has 0 aliphatic carbocycles. The number of likely N-dealkylation sites (tertiary alicyclic amines) is 1. The number of nitrogens with one attached hydrogen (secondary N) is 2. The maximum absolute atomic E-state index is 14.0. The van der Waals surface area contributed by atoms with Crippen molar-refractivity contribution in [3.05, 3.63) is 46.4 Å². The number of para-hydroxylation sites is 1. The van der Waals surface area contributed by atoms with Gasteiger partial charge in [0.25, 0.3) is 0 Å². The molecule has 5 rings (SSSR count). The number of rotatable bonds is 8. The summed E-state index contributed by atoms with van der Waals surface area (Å²) in [6.45, 7) is 3.51. The molecule has 1 aromatic carbocycles. The van der Waals surface area contributed by atoms with Crippen molar-refractivity contribution >= 4 is 40.0 Å². The fraction of sp³-hybridized carbons (Fsp3) is 0.464. The van der Waals surface area contributed by atoms with Gasteiger partial charge in [0.05, 0.1) is 23.3 Å². The molecule has 206 valence electrons. The minimum absolute atomic E-state index is 0.00462. The van der Waals surface area contributed by atoms with E-state index in [2.05, 4.69) is 15.6 Å². The second kappa shape index (κ2) is 11.8. The Morgan fingerprint density at radius 1 is 1.15 bits per heavy atom. The van der Waals surface area contributed by atoms with Gasteiger partial charge in [-0.05, 0) is 57.7 Å². The van der Waals surface area contributed by atoms with Crippen molar-refractivity contribution in [1.82, 2.24) is 25.5 Å². The van der Waals surface area contributed by atoms with Gasteiger partial charge in [-0.2, -0.15) is 0 Å². The lowest BCUT2D eigenvalue weighted by Gasteiger charge is -2.35. The van der Waals surface area contributed by atoms with Gasteiger partial charge in [0.2, 0.25) is 11.8 Å². The Hall–Kier alpha value is -3.41. The lowest BCUT2D eigenvalue weighted by atomic mass is 9.90. The van der Waals surface area contributed by atoms with Gasteiger partial charge < -0.3 is 25.4 Å². The molecule has 2 aliphatic rings. The Labute approximate surface area is 230 Å². The van der Waals surface area contributed by atoms with Gasteiger partial charge in [0.15, 0.2) is 0 Å². The summed E-state index contributed by atoms with van der Waals surface area (Å²) in [6, 6.07) is 7.71. The van der Waals surface area contributed by atoms with E-state index in [1.807, 2.05) is 28.5 Å². The molecule has 2 aliphatic heterocycles. The molecule has 2 aromatic heterocycles. The summed E-state index contributed by atoms with van der Waals surface area (Å²) in [7, 11) is 1.72. The van der Waals surface area contributed by atoms with E-state index in [1.54, 1.807) is 26.1 Å². The number of carboxylic acids is 1. The smallest absolute Gasteiger partial charge is 0.354 e. The van der Waals surface area contributed by atoms with Crippen molar-refractivity contribution in [3.63, 3.8) is 0 Å². The number of carbonyl (C=O) groups excluding carboxylic acids is 2. The normalized spacial score (nSPS) is 19.6. The molecule has 3 atom stereocenters. The fourth-order valence-electron chi connectivity index (χ4n) is 5.37. The molecule has 0 spiro atoms. The first kappa shape index (κ1) is 27.2. The van der Waals surface area contributed by atoms with Crippen LogP contribution in [0.3, 0.4) is 0 Å². The zero-order valence-electron chi connectivity index (χ0n) is 22.1. The van der Waals surface area contributed by atoms with Crippen LogP contribution in [0.5, 0.6) is 0 Å². The summed E-state index contributed by atoms with van der Waals surface area (Å²) in [4.78, 5) is 49.6. The van der Waals surface area contributed by atoms with Crippen molar-refractivity contribution in [3.8, 4) is 11.3 Å². The van der Waals surface area contributed by atoms with Gasteiger partial charge >= 0.3 is 5.97 Å². The van der Waals surface area contributed by atoms with E-state index in [-0.39, 0.29) is 29.5 Å². The number of hydrogen-bond donors (Lipinski definition) is 3. The molecule has 10 nitrogen and oxygen atoms in total. The van der Waals surface area contributed by atoms with Gasteiger partial charge in [0.1, 0.15) is 16.7 Å². The minimum atomic E-state index is -1.10. The Morgan fingerprint density at radius 2 is 1.92 bits per heavy atom. The van der Waals surface area contributed by atoms with E-state index >= 15 is 0 Å². The zero-order valence-corrected chi connectivity index (χ0v) is 22.9. The van der Waals surface area contributed by atoms with Gasteiger partial charge in [0, 0.05) is 36.1 Å². The fourth-order valence-corrected chi connectivity index (χ4v) is 6.33. The van der Waals surface area contributed by atoms with Crippen LogP contribution in [-0.4, -0.2) is 76.6 Å². The Bertz CT molecular complexity index is 1370. The molecule has 0 bridgehead atoms. The molecule has 3 N–H and O–H groups in total.